The summed E-state index contributed by atoms with van der Waals surface area (Å²) in [6.45, 7) is 4.78. The van der Waals surface area contributed by atoms with Crippen molar-refractivity contribution in [2.75, 3.05) is 4.90 Å². The molecule has 2 aliphatic rings. The fourth-order valence-corrected chi connectivity index (χ4v) is 11.2. The molecule has 0 fully saturated rings. The van der Waals surface area contributed by atoms with Crippen LogP contribution in [0.3, 0.4) is 0 Å². The molecule has 1 spiro atoms. The fourth-order valence-electron chi connectivity index (χ4n) is 11.2. The highest BCUT2D eigenvalue weighted by atomic mass is 15.1. The molecule has 0 aromatic heterocycles. The number of benzene rings is 10. The maximum absolute atomic E-state index is 2.42. The lowest BCUT2D eigenvalue weighted by Gasteiger charge is -2.46. The standard InChI is InChI=1S/C64H47N/c1-63(2)57-31-14-16-33-59(57)64(60-34-17-15-32-58(60)63)56-30-13-12-28-54(56)62-53(29-19-35-61(62)64)48-26-18-27-50(42-48)65(49-38-36-45(37-39-49)44-20-6-3-7-21-44)51-40-41-52(46-22-8-4-9-23-46)55(43-51)47-24-10-5-11-25-47/h3-43H,1-2H3. The van der Waals surface area contributed by atoms with Crippen molar-refractivity contribution in [3.63, 3.8) is 0 Å². The van der Waals surface area contributed by atoms with Gasteiger partial charge in [0.15, 0.2) is 0 Å². The van der Waals surface area contributed by atoms with Crippen molar-refractivity contribution in [2.24, 2.45) is 0 Å². The molecule has 0 N–H and O–H groups in total. The Balaban J connectivity index is 1.07. The van der Waals surface area contributed by atoms with E-state index >= 15 is 0 Å². The Morgan fingerprint density at radius 1 is 0.262 bits per heavy atom. The number of hydrogen-bond acceptors (Lipinski definition) is 1. The molecule has 1 heteroatoms. The highest BCUT2D eigenvalue weighted by molar-refractivity contribution is 5.97. The molecule has 308 valence electrons. The van der Waals surface area contributed by atoms with Gasteiger partial charge in [0, 0.05) is 22.5 Å². The van der Waals surface area contributed by atoms with Gasteiger partial charge in [-0.25, -0.2) is 0 Å². The van der Waals surface area contributed by atoms with Crippen LogP contribution in [0.4, 0.5) is 17.1 Å². The normalized spacial score (nSPS) is 13.6. The summed E-state index contributed by atoms with van der Waals surface area (Å²) in [5, 5.41) is 0. The third-order valence-electron chi connectivity index (χ3n) is 14.2. The van der Waals surface area contributed by atoms with E-state index < -0.39 is 5.41 Å². The van der Waals surface area contributed by atoms with Crippen molar-refractivity contribution in [1.29, 1.82) is 0 Å². The summed E-state index contributed by atoms with van der Waals surface area (Å²) in [6, 6.07) is 91.9. The van der Waals surface area contributed by atoms with Gasteiger partial charge in [-0.15, -0.1) is 0 Å². The smallest absolute Gasteiger partial charge is 0.0719 e. The van der Waals surface area contributed by atoms with Crippen LogP contribution in [-0.2, 0) is 10.8 Å². The van der Waals surface area contributed by atoms with Gasteiger partial charge in [-0.05, 0) is 125 Å². The van der Waals surface area contributed by atoms with Crippen LogP contribution in [0.2, 0.25) is 0 Å². The SMILES string of the molecule is CC1(C)c2ccccc2C2(c3ccccc3-c3c(-c4cccc(N(c5ccc(-c6ccccc6)cc5)c5ccc(-c6ccccc6)c(-c6ccccc6)c5)c4)cccc32)c2ccccc21. The van der Waals surface area contributed by atoms with Crippen LogP contribution in [0.5, 0.6) is 0 Å². The number of nitrogens with zero attached hydrogens (tertiary/aromatic N) is 1. The van der Waals surface area contributed by atoms with Crippen LogP contribution in [0.1, 0.15) is 47.2 Å². The quantitative estimate of drug-likeness (QED) is 0.155. The minimum Gasteiger partial charge on any atom is -0.310 e. The van der Waals surface area contributed by atoms with Gasteiger partial charge in [-0.3, -0.25) is 0 Å². The highest BCUT2D eigenvalue weighted by Gasteiger charge is 2.53. The molecule has 0 unspecified atom stereocenters. The molecule has 10 aromatic rings. The Morgan fingerprint density at radius 2 is 0.708 bits per heavy atom. The largest absolute Gasteiger partial charge is 0.310 e. The first-order valence-electron chi connectivity index (χ1n) is 22.8. The summed E-state index contributed by atoms with van der Waals surface area (Å²) in [7, 11) is 0. The Morgan fingerprint density at radius 3 is 1.35 bits per heavy atom. The molecule has 12 rings (SSSR count). The second-order valence-corrected chi connectivity index (χ2v) is 18.0. The first-order chi connectivity index (χ1) is 32.0. The lowest BCUT2D eigenvalue weighted by atomic mass is 9.55. The van der Waals surface area contributed by atoms with E-state index in [4.69, 9.17) is 0 Å². The Kier molecular flexibility index (Phi) is 9.14. The predicted molar refractivity (Wildman–Crippen MR) is 272 cm³/mol. The molecular formula is C64H47N. The molecule has 0 saturated carbocycles. The summed E-state index contributed by atoms with van der Waals surface area (Å²) in [6.07, 6.45) is 0. The molecule has 2 aliphatic carbocycles. The third-order valence-corrected chi connectivity index (χ3v) is 14.2. The average Bonchev–Trinajstić information content (AvgIpc) is 3.68. The number of rotatable bonds is 7. The summed E-state index contributed by atoms with van der Waals surface area (Å²) >= 11 is 0. The molecule has 0 atom stereocenters. The minimum absolute atomic E-state index is 0.148. The Labute approximate surface area is 382 Å². The molecule has 0 radical (unpaired) electrons. The molecule has 1 nitrogen and oxygen atoms in total. The summed E-state index contributed by atoms with van der Waals surface area (Å²) in [4.78, 5) is 2.42. The molecule has 0 saturated heterocycles. The zero-order valence-electron chi connectivity index (χ0n) is 36.6. The molecule has 10 aromatic carbocycles. The van der Waals surface area contributed by atoms with Crippen LogP contribution in [0.25, 0.3) is 55.6 Å². The lowest BCUT2D eigenvalue weighted by molar-refractivity contribution is 0.563. The van der Waals surface area contributed by atoms with E-state index in [-0.39, 0.29) is 5.41 Å². The number of anilines is 3. The Hall–Kier alpha value is -8.00. The maximum atomic E-state index is 2.42. The molecule has 65 heavy (non-hydrogen) atoms. The zero-order chi connectivity index (χ0) is 43.5. The van der Waals surface area contributed by atoms with Crippen molar-refractivity contribution in [3.8, 4) is 55.6 Å². The van der Waals surface area contributed by atoms with E-state index in [1.54, 1.807) is 0 Å². The van der Waals surface area contributed by atoms with Gasteiger partial charge in [0.25, 0.3) is 0 Å². The predicted octanol–water partition coefficient (Wildman–Crippen LogP) is 16.8. The first-order valence-corrected chi connectivity index (χ1v) is 22.8. The van der Waals surface area contributed by atoms with E-state index in [9.17, 15) is 0 Å². The second-order valence-electron chi connectivity index (χ2n) is 18.0. The summed E-state index contributed by atoms with van der Waals surface area (Å²) in [5.41, 5.74) is 23.1. The van der Waals surface area contributed by atoms with Gasteiger partial charge in [-0.1, -0.05) is 226 Å². The highest BCUT2D eigenvalue weighted by Crippen LogP contribution is 2.63. The van der Waals surface area contributed by atoms with Gasteiger partial charge in [0.1, 0.15) is 0 Å². The monoisotopic (exact) mass is 829 g/mol. The molecule has 0 amide bonds. The van der Waals surface area contributed by atoms with Crippen LogP contribution in [-0.4, -0.2) is 0 Å². The van der Waals surface area contributed by atoms with Gasteiger partial charge in [0.05, 0.1) is 5.41 Å². The Bertz CT molecular complexity index is 3330. The second kappa shape index (κ2) is 15.4. The fraction of sp³-hybridized carbons (Fsp3) is 0.0625. The number of hydrogen-bond donors (Lipinski definition) is 0. The van der Waals surface area contributed by atoms with E-state index in [0.717, 1.165) is 17.1 Å². The summed E-state index contributed by atoms with van der Waals surface area (Å²) < 4.78 is 0. The molecular weight excluding hydrogens is 783 g/mol. The van der Waals surface area contributed by atoms with Crippen LogP contribution < -0.4 is 4.90 Å². The van der Waals surface area contributed by atoms with Crippen molar-refractivity contribution in [2.45, 2.75) is 24.7 Å². The van der Waals surface area contributed by atoms with Crippen LogP contribution >= 0.6 is 0 Å². The van der Waals surface area contributed by atoms with E-state index in [1.165, 1.54) is 89.0 Å². The van der Waals surface area contributed by atoms with E-state index in [2.05, 4.69) is 267 Å². The van der Waals surface area contributed by atoms with Gasteiger partial charge in [0.2, 0.25) is 0 Å². The van der Waals surface area contributed by atoms with Crippen molar-refractivity contribution >= 4 is 17.1 Å². The maximum Gasteiger partial charge on any atom is 0.0719 e. The molecule has 0 heterocycles. The zero-order valence-corrected chi connectivity index (χ0v) is 36.6. The van der Waals surface area contributed by atoms with Crippen LogP contribution in [0.15, 0.2) is 249 Å². The minimum atomic E-state index is -0.455. The summed E-state index contributed by atoms with van der Waals surface area (Å²) in [5.74, 6) is 0. The van der Waals surface area contributed by atoms with Crippen molar-refractivity contribution < 1.29 is 0 Å². The van der Waals surface area contributed by atoms with Gasteiger partial charge in [-0.2, -0.15) is 0 Å². The average molecular weight is 830 g/mol. The van der Waals surface area contributed by atoms with Gasteiger partial charge >= 0.3 is 0 Å². The number of fused-ring (bicyclic) bond motifs is 9. The topological polar surface area (TPSA) is 3.24 Å². The van der Waals surface area contributed by atoms with Crippen molar-refractivity contribution in [1.82, 2.24) is 0 Å². The first kappa shape index (κ1) is 38.7. The molecule has 0 aliphatic heterocycles. The van der Waals surface area contributed by atoms with E-state index in [1.807, 2.05) is 0 Å². The van der Waals surface area contributed by atoms with Crippen molar-refractivity contribution in [3.05, 3.63) is 282 Å². The lowest BCUT2D eigenvalue weighted by Crippen LogP contribution is -2.40. The molecule has 0 bridgehead atoms. The third kappa shape index (κ3) is 6.07. The van der Waals surface area contributed by atoms with Crippen LogP contribution in [0, 0.1) is 0 Å². The van der Waals surface area contributed by atoms with Gasteiger partial charge < -0.3 is 4.90 Å². The van der Waals surface area contributed by atoms with E-state index in [0.29, 0.717) is 0 Å².